The molecule has 0 saturated heterocycles. The van der Waals surface area contributed by atoms with Crippen LogP contribution in [-0.2, 0) is 9.53 Å². The fourth-order valence-corrected chi connectivity index (χ4v) is 3.81. The largest absolute Gasteiger partial charge is 0.452 e. The highest BCUT2D eigenvalue weighted by atomic mass is 16.5. The highest BCUT2D eigenvalue weighted by Gasteiger charge is 2.33. The highest BCUT2D eigenvalue weighted by Crippen LogP contribution is 2.31. The Bertz CT molecular complexity index is 1040. The molecule has 2 aliphatic rings. The summed E-state index contributed by atoms with van der Waals surface area (Å²) in [6, 6.07) is 11.1. The predicted molar refractivity (Wildman–Crippen MR) is 110 cm³/mol. The molecule has 0 aliphatic heterocycles. The molecule has 1 fully saturated rings. The van der Waals surface area contributed by atoms with E-state index in [1.807, 2.05) is 6.92 Å². The Hall–Kier alpha value is -3.28. The first-order chi connectivity index (χ1) is 14.5. The van der Waals surface area contributed by atoms with Gasteiger partial charge in [-0.2, -0.15) is 0 Å². The molecule has 6 heteroatoms. The van der Waals surface area contributed by atoms with Crippen molar-refractivity contribution in [3.8, 4) is 0 Å². The SMILES string of the molecule is CCCN(CC1CC1)C(=O)COC(=O)c1cccc2c1C(=O)c1ccccc1C2=O. The molecule has 30 heavy (non-hydrogen) atoms. The summed E-state index contributed by atoms with van der Waals surface area (Å²) in [5.41, 5.74) is 0.830. The number of ether oxygens (including phenoxy) is 1. The Morgan fingerprint density at radius 2 is 1.63 bits per heavy atom. The van der Waals surface area contributed by atoms with Gasteiger partial charge >= 0.3 is 5.97 Å². The molecule has 1 amide bonds. The van der Waals surface area contributed by atoms with Gasteiger partial charge in [0.05, 0.1) is 5.56 Å². The summed E-state index contributed by atoms with van der Waals surface area (Å²) in [6.07, 6.45) is 3.08. The maximum absolute atomic E-state index is 13.0. The lowest BCUT2D eigenvalue weighted by Gasteiger charge is -2.22. The molecule has 0 unspecified atom stereocenters. The number of carbonyl (C=O) groups excluding carboxylic acids is 4. The molecule has 2 aromatic rings. The second-order valence-corrected chi connectivity index (χ2v) is 7.79. The number of rotatable bonds is 7. The van der Waals surface area contributed by atoms with Gasteiger partial charge in [-0.05, 0) is 31.2 Å². The van der Waals surface area contributed by atoms with Crippen LogP contribution < -0.4 is 0 Å². The topological polar surface area (TPSA) is 80.8 Å². The maximum atomic E-state index is 13.0. The van der Waals surface area contributed by atoms with Crippen molar-refractivity contribution in [3.63, 3.8) is 0 Å². The Morgan fingerprint density at radius 3 is 2.30 bits per heavy atom. The fraction of sp³-hybridized carbons (Fsp3) is 0.333. The van der Waals surface area contributed by atoms with Gasteiger partial charge in [-0.1, -0.05) is 43.3 Å². The van der Waals surface area contributed by atoms with Crippen molar-refractivity contribution in [1.82, 2.24) is 4.90 Å². The van der Waals surface area contributed by atoms with Crippen molar-refractivity contribution < 1.29 is 23.9 Å². The van der Waals surface area contributed by atoms with Crippen LogP contribution in [0.25, 0.3) is 0 Å². The van der Waals surface area contributed by atoms with Gasteiger partial charge in [0.1, 0.15) is 0 Å². The van der Waals surface area contributed by atoms with Gasteiger partial charge in [-0.3, -0.25) is 14.4 Å². The summed E-state index contributed by atoms with van der Waals surface area (Å²) in [4.78, 5) is 52.8. The molecule has 0 spiro atoms. The molecule has 1 saturated carbocycles. The number of hydrogen-bond acceptors (Lipinski definition) is 5. The van der Waals surface area contributed by atoms with E-state index in [4.69, 9.17) is 4.74 Å². The average Bonchev–Trinajstić information content (AvgIpc) is 3.59. The van der Waals surface area contributed by atoms with Crippen molar-refractivity contribution in [2.75, 3.05) is 19.7 Å². The molecule has 2 aromatic carbocycles. The van der Waals surface area contributed by atoms with Crippen LogP contribution in [0.4, 0.5) is 0 Å². The molecule has 0 bridgehead atoms. The Kier molecular flexibility index (Phi) is 5.48. The zero-order valence-corrected chi connectivity index (χ0v) is 16.8. The molecule has 0 radical (unpaired) electrons. The van der Waals surface area contributed by atoms with Crippen LogP contribution in [0.5, 0.6) is 0 Å². The molecule has 2 aliphatic carbocycles. The molecule has 0 aromatic heterocycles. The van der Waals surface area contributed by atoms with E-state index < -0.39 is 5.97 Å². The molecular weight excluding hydrogens is 382 g/mol. The van der Waals surface area contributed by atoms with E-state index in [9.17, 15) is 19.2 Å². The zero-order valence-electron chi connectivity index (χ0n) is 16.8. The smallest absolute Gasteiger partial charge is 0.339 e. The molecule has 154 valence electrons. The molecule has 0 heterocycles. The Morgan fingerprint density at radius 1 is 0.967 bits per heavy atom. The lowest BCUT2D eigenvalue weighted by Crippen LogP contribution is -2.37. The maximum Gasteiger partial charge on any atom is 0.339 e. The third-order valence-corrected chi connectivity index (χ3v) is 5.52. The first-order valence-electron chi connectivity index (χ1n) is 10.3. The summed E-state index contributed by atoms with van der Waals surface area (Å²) in [5, 5.41) is 0. The van der Waals surface area contributed by atoms with Crippen molar-refractivity contribution >= 4 is 23.4 Å². The van der Waals surface area contributed by atoms with Crippen LogP contribution in [-0.4, -0.2) is 48.0 Å². The summed E-state index contributed by atoms with van der Waals surface area (Å²) < 4.78 is 5.26. The minimum Gasteiger partial charge on any atom is -0.452 e. The van der Waals surface area contributed by atoms with Crippen molar-refractivity contribution in [1.29, 1.82) is 0 Å². The van der Waals surface area contributed by atoms with E-state index >= 15 is 0 Å². The second-order valence-electron chi connectivity index (χ2n) is 7.79. The van der Waals surface area contributed by atoms with Gasteiger partial charge in [-0.25, -0.2) is 4.79 Å². The van der Waals surface area contributed by atoms with E-state index in [0.29, 0.717) is 24.6 Å². The van der Waals surface area contributed by atoms with Crippen LogP contribution in [0.3, 0.4) is 0 Å². The number of esters is 1. The minimum atomic E-state index is -0.774. The van der Waals surface area contributed by atoms with E-state index in [1.54, 1.807) is 35.2 Å². The molecular formula is C24H23NO5. The first kappa shape index (κ1) is 20.0. The minimum absolute atomic E-state index is 0.0115. The number of amides is 1. The lowest BCUT2D eigenvalue weighted by molar-refractivity contribution is -0.134. The van der Waals surface area contributed by atoms with E-state index in [2.05, 4.69) is 0 Å². The number of nitrogens with zero attached hydrogens (tertiary/aromatic N) is 1. The van der Waals surface area contributed by atoms with Crippen molar-refractivity contribution in [3.05, 3.63) is 70.3 Å². The highest BCUT2D eigenvalue weighted by molar-refractivity contribution is 6.30. The number of ketones is 2. The lowest BCUT2D eigenvalue weighted by atomic mass is 9.82. The van der Waals surface area contributed by atoms with Gasteiger partial charge in [0.2, 0.25) is 0 Å². The fourth-order valence-electron chi connectivity index (χ4n) is 3.81. The van der Waals surface area contributed by atoms with Gasteiger partial charge < -0.3 is 9.64 Å². The van der Waals surface area contributed by atoms with Crippen LogP contribution in [0.1, 0.15) is 68.4 Å². The molecule has 6 nitrogen and oxygen atoms in total. The van der Waals surface area contributed by atoms with E-state index in [0.717, 1.165) is 19.3 Å². The summed E-state index contributed by atoms with van der Waals surface area (Å²) in [5.74, 6) is -1.16. The van der Waals surface area contributed by atoms with E-state index in [1.165, 1.54) is 12.1 Å². The number of hydrogen-bond donors (Lipinski definition) is 0. The van der Waals surface area contributed by atoms with Crippen LogP contribution in [0.15, 0.2) is 42.5 Å². The van der Waals surface area contributed by atoms with E-state index in [-0.39, 0.29) is 46.3 Å². The molecule has 0 N–H and O–H groups in total. The van der Waals surface area contributed by atoms with Gasteiger partial charge in [0.15, 0.2) is 18.2 Å². The van der Waals surface area contributed by atoms with Gasteiger partial charge in [0, 0.05) is 35.3 Å². The zero-order chi connectivity index (χ0) is 21.3. The average molecular weight is 405 g/mol. The molecule has 0 atom stereocenters. The van der Waals surface area contributed by atoms with Crippen LogP contribution >= 0.6 is 0 Å². The second kappa shape index (κ2) is 8.22. The summed E-state index contributed by atoms with van der Waals surface area (Å²) >= 11 is 0. The third-order valence-electron chi connectivity index (χ3n) is 5.52. The third kappa shape index (κ3) is 3.77. The number of benzene rings is 2. The summed E-state index contributed by atoms with van der Waals surface area (Å²) in [7, 11) is 0. The normalized spacial score (nSPS) is 14.7. The van der Waals surface area contributed by atoms with Crippen molar-refractivity contribution in [2.45, 2.75) is 26.2 Å². The summed E-state index contributed by atoms with van der Waals surface area (Å²) in [6.45, 7) is 2.93. The number of carbonyl (C=O) groups is 4. The number of fused-ring (bicyclic) bond motifs is 2. The van der Waals surface area contributed by atoms with Crippen LogP contribution in [0, 0.1) is 5.92 Å². The van der Waals surface area contributed by atoms with Gasteiger partial charge in [-0.15, -0.1) is 0 Å². The van der Waals surface area contributed by atoms with Crippen molar-refractivity contribution in [2.24, 2.45) is 5.92 Å². The predicted octanol–water partition coefficient (Wildman–Crippen LogP) is 3.27. The standard InChI is InChI=1S/C24H23NO5/c1-2-12-25(13-15-10-11-15)20(26)14-30-24(29)19-9-5-8-18-21(19)23(28)17-7-4-3-6-16(17)22(18)27/h3-9,15H,2,10-14H2,1H3. The van der Waals surface area contributed by atoms with Gasteiger partial charge in [0.25, 0.3) is 5.91 Å². The molecule has 4 rings (SSSR count). The quantitative estimate of drug-likeness (QED) is 0.564. The Labute approximate surface area is 174 Å². The monoisotopic (exact) mass is 405 g/mol. The Balaban J connectivity index is 1.53. The first-order valence-corrected chi connectivity index (χ1v) is 10.3. The van der Waals surface area contributed by atoms with Crippen LogP contribution in [0.2, 0.25) is 0 Å².